The Morgan fingerprint density at radius 3 is 3.00 bits per heavy atom. The standard InChI is InChI=1S/C12H12ClNO3/c1-8(12(15)16)17-6-2-3-9-7-10(13)4-5-11(9)14/h4-5,7-8H,6,14H2,1H3,(H,15,16)/t8-/m1/s1. The molecule has 0 aliphatic heterocycles. The Bertz CT molecular complexity index is 476. The molecular weight excluding hydrogens is 242 g/mol. The Hall–Kier alpha value is -1.70. The third kappa shape index (κ3) is 4.35. The minimum atomic E-state index is -1.02. The zero-order valence-electron chi connectivity index (χ0n) is 9.24. The minimum Gasteiger partial charge on any atom is -0.479 e. The number of hydrogen-bond acceptors (Lipinski definition) is 3. The number of nitrogens with two attached hydrogens (primary N) is 1. The number of aliphatic carboxylic acids is 1. The van der Waals surface area contributed by atoms with Crippen LogP contribution in [0.25, 0.3) is 0 Å². The number of carbonyl (C=O) groups is 1. The summed E-state index contributed by atoms with van der Waals surface area (Å²) in [4.78, 5) is 10.5. The summed E-state index contributed by atoms with van der Waals surface area (Å²) in [6, 6.07) is 4.97. The fraction of sp³-hybridized carbons (Fsp3) is 0.250. The van der Waals surface area contributed by atoms with Crippen LogP contribution in [-0.4, -0.2) is 23.8 Å². The molecule has 1 aromatic rings. The van der Waals surface area contributed by atoms with E-state index >= 15 is 0 Å². The van der Waals surface area contributed by atoms with Crippen molar-refractivity contribution in [2.75, 3.05) is 12.3 Å². The van der Waals surface area contributed by atoms with E-state index in [4.69, 9.17) is 27.2 Å². The van der Waals surface area contributed by atoms with E-state index in [1.54, 1.807) is 18.2 Å². The molecule has 4 nitrogen and oxygen atoms in total. The molecule has 0 saturated heterocycles. The fourth-order valence-electron chi connectivity index (χ4n) is 1.01. The van der Waals surface area contributed by atoms with Gasteiger partial charge in [0, 0.05) is 16.3 Å². The number of benzene rings is 1. The molecule has 0 unspecified atom stereocenters. The molecule has 5 heteroatoms. The van der Waals surface area contributed by atoms with E-state index in [0.717, 1.165) is 0 Å². The lowest BCUT2D eigenvalue weighted by Crippen LogP contribution is -2.19. The van der Waals surface area contributed by atoms with Crippen LogP contribution < -0.4 is 5.73 Å². The highest BCUT2D eigenvalue weighted by atomic mass is 35.5. The summed E-state index contributed by atoms with van der Waals surface area (Å²) in [6.45, 7) is 1.47. The Balaban J connectivity index is 2.60. The van der Waals surface area contributed by atoms with Crippen molar-refractivity contribution in [3.8, 4) is 11.8 Å². The molecule has 0 aliphatic rings. The second-order valence-corrected chi connectivity index (χ2v) is 3.76. The van der Waals surface area contributed by atoms with Gasteiger partial charge in [0.1, 0.15) is 6.61 Å². The number of rotatable bonds is 3. The van der Waals surface area contributed by atoms with Crippen molar-refractivity contribution in [2.45, 2.75) is 13.0 Å². The molecule has 0 heterocycles. The lowest BCUT2D eigenvalue weighted by molar-refractivity contribution is -0.148. The van der Waals surface area contributed by atoms with Gasteiger partial charge in [0.25, 0.3) is 0 Å². The second kappa shape index (κ2) is 6.14. The van der Waals surface area contributed by atoms with Gasteiger partial charge >= 0.3 is 5.97 Å². The van der Waals surface area contributed by atoms with Gasteiger partial charge in [-0.2, -0.15) is 0 Å². The van der Waals surface area contributed by atoms with Gasteiger partial charge in [0.15, 0.2) is 6.10 Å². The maximum absolute atomic E-state index is 10.5. The first-order chi connectivity index (χ1) is 8.00. The molecule has 0 bridgehead atoms. The summed E-state index contributed by atoms with van der Waals surface area (Å²) < 4.78 is 4.95. The fourth-order valence-corrected chi connectivity index (χ4v) is 1.18. The van der Waals surface area contributed by atoms with Gasteiger partial charge in [0.05, 0.1) is 0 Å². The van der Waals surface area contributed by atoms with Gasteiger partial charge in [0.2, 0.25) is 0 Å². The highest BCUT2D eigenvalue weighted by Gasteiger charge is 2.08. The van der Waals surface area contributed by atoms with Gasteiger partial charge < -0.3 is 15.6 Å². The Morgan fingerprint density at radius 2 is 2.35 bits per heavy atom. The summed E-state index contributed by atoms with van der Waals surface area (Å²) in [5, 5.41) is 9.11. The molecule has 3 N–H and O–H groups in total. The van der Waals surface area contributed by atoms with Gasteiger partial charge in [-0.05, 0) is 25.1 Å². The monoisotopic (exact) mass is 253 g/mol. The third-order valence-corrected chi connectivity index (χ3v) is 2.23. The zero-order chi connectivity index (χ0) is 12.8. The summed E-state index contributed by atoms with van der Waals surface area (Å²) in [7, 11) is 0. The molecule has 0 amide bonds. The van der Waals surface area contributed by atoms with E-state index in [1.807, 2.05) is 0 Å². The van der Waals surface area contributed by atoms with Crippen LogP contribution in [0.3, 0.4) is 0 Å². The quantitative estimate of drug-likeness (QED) is 0.636. The SMILES string of the molecule is C[C@@H](OCC#Cc1cc(Cl)ccc1N)C(=O)O. The lowest BCUT2D eigenvalue weighted by Gasteiger charge is -2.03. The number of carboxylic acid groups (broad SMARTS) is 1. The van der Waals surface area contributed by atoms with Crippen LogP contribution in [0.1, 0.15) is 12.5 Å². The number of ether oxygens (including phenoxy) is 1. The van der Waals surface area contributed by atoms with Crippen LogP contribution in [0.2, 0.25) is 5.02 Å². The van der Waals surface area contributed by atoms with Crippen LogP contribution in [0, 0.1) is 11.8 Å². The third-order valence-electron chi connectivity index (χ3n) is 1.99. The topological polar surface area (TPSA) is 72.5 Å². The van der Waals surface area contributed by atoms with E-state index in [0.29, 0.717) is 16.3 Å². The molecule has 0 aliphatic carbocycles. The summed E-state index contributed by atoms with van der Waals surface area (Å²) in [6.07, 6.45) is -0.874. The van der Waals surface area contributed by atoms with Crippen molar-refractivity contribution in [1.82, 2.24) is 0 Å². The first-order valence-electron chi connectivity index (χ1n) is 4.89. The molecule has 0 aromatic heterocycles. The van der Waals surface area contributed by atoms with Crippen molar-refractivity contribution >= 4 is 23.3 Å². The number of anilines is 1. The van der Waals surface area contributed by atoms with Gasteiger partial charge in [-0.1, -0.05) is 23.4 Å². The Kier molecular flexibility index (Phi) is 4.83. The van der Waals surface area contributed by atoms with Crippen LogP contribution in [-0.2, 0) is 9.53 Å². The lowest BCUT2D eigenvalue weighted by atomic mass is 10.2. The van der Waals surface area contributed by atoms with E-state index in [-0.39, 0.29) is 6.61 Å². The normalized spacial score (nSPS) is 11.4. The van der Waals surface area contributed by atoms with Crippen molar-refractivity contribution in [1.29, 1.82) is 0 Å². The number of halogens is 1. The first-order valence-corrected chi connectivity index (χ1v) is 5.27. The second-order valence-electron chi connectivity index (χ2n) is 3.32. The number of carboxylic acids is 1. The highest BCUT2D eigenvalue weighted by molar-refractivity contribution is 6.30. The molecule has 17 heavy (non-hydrogen) atoms. The molecule has 1 rings (SSSR count). The molecular formula is C12H12ClNO3. The molecule has 0 radical (unpaired) electrons. The van der Waals surface area contributed by atoms with E-state index < -0.39 is 12.1 Å². The van der Waals surface area contributed by atoms with Crippen molar-refractivity contribution < 1.29 is 14.6 Å². The Morgan fingerprint density at radius 1 is 1.65 bits per heavy atom. The maximum Gasteiger partial charge on any atom is 0.332 e. The van der Waals surface area contributed by atoms with Gasteiger partial charge in [-0.15, -0.1) is 0 Å². The van der Waals surface area contributed by atoms with Crippen LogP contribution in [0.15, 0.2) is 18.2 Å². The number of nitrogen functional groups attached to an aromatic ring is 1. The molecule has 0 fully saturated rings. The average Bonchev–Trinajstić information content (AvgIpc) is 2.28. The van der Waals surface area contributed by atoms with Crippen LogP contribution in [0.5, 0.6) is 0 Å². The summed E-state index contributed by atoms with van der Waals surface area (Å²) >= 11 is 5.79. The van der Waals surface area contributed by atoms with E-state index in [2.05, 4.69) is 11.8 Å². The van der Waals surface area contributed by atoms with Gasteiger partial charge in [-0.25, -0.2) is 4.79 Å². The zero-order valence-corrected chi connectivity index (χ0v) is 9.99. The van der Waals surface area contributed by atoms with Crippen molar-refractivity contribution in [3.63, 3.8) is 0 Å². The van der Waals surface area contributed by atoms with Crippen LogP contribution in [0.4, 0.5) is 5.69 Å². The van der Waals surface area contributed by atoms with Crippen molar-refractivity contribution in [3.05, 3.63) is 28.8 Å². The maximum atomic E-state index is 10.5. The molecule has 1 atom stereocenters. The predicted molar refractivity (Wildman–Crippen MR) is 65.8 cm³/mol. The molecule has 1 aromatic carbocycles. The summed E-state index contributed by atoms with van der Waals surface area (Å²) in [5.74, 6) is 4.43. The van der Waals surface area contributed by atoms with E-state index in [9.17, 15) is 4.79 Å². The predicted octanol–water partition coefficient (Wildman–Crippen LogP) is 1.76. The minimum absolute atomic E-state index is 0.0272. The largest absolute Gasteiger partial charge is 0.479 e. The summed E-state index contributed by atoms with van der Waals surface area (Å²) in [5.41, 5.74) is 6.81. The number of hydrogen-bond donors (Lipinski definition) is 2. The first kappa shape index (κ1) is 13.4. The van der Waals surface area contributed by atoms with E-state index in [1.165, 1.54) is 6.92 Å². The molecule has 90 valence electrons. The molecule has 0 saturated carbocycles. The molecule has 0 spiro atoms. The smallest absolute Gasteiger partial charge is 0.332 e. The van der Waals surface area contributed by atoms with Crippen LogP contribution >= 0.6 is 11.6 Å². The highest BCUT2D eigenvalue weighted by Crippen LogP contribution is 2.16. The van der Waals surface area contributed by atoms with Gasteiger partial charge in [-0.3, -0.25) is 0 Å². The Labute approximate surface area is 104 Å². The average molecular weight is 254 g/mol. The van der Waals surface area contributed by atoms with Crippen molar-refractivity contribution in [2.24, 2.45) is 0 Å².